The molecule has 0 radical (unpaired) electrons. The SMILES string of the molecule is C=C(C1CCC2CC=CC=C21)C1CCC2CC=CC=C21.[Zr]. The molecule has 0 spiro atoms. The minimum atomic E-state index is 0. The van der Waals surface area contributed by atoms with Crippen molar-refractivity contribution in [1.82, 2.24) is 0 Å². The molecule has 4 atom stereocenters. The van der Waals surface area contributed by atoms with Gasteiger partial charge in [0.1, 0.15) is 0 Å². The fraction of sp³-hybridized carbons (Fsp3) is 0.500. The molecule has 4 aliphatic carbocycles. The van der Waals surface area contributed by atoms with Crippen molar-refractivity contribution in [1.29, 1.82) is 0 Å². The minimum absolute atomic E-state index is 0. The van der Waals surface area contributed by atoms with Crippen LogP contribution in [0.2, 0.25) is 0 Å². The average Bonchev–Trinajstić information content (AvgIpc) is 3.11. The Labute approximate surface area is 147 Å². The summed E-state index contributed by atoms with van der Waals surface area (Å²) < 4.78 is 0. The van der Waals surface area contributed by atoms with Crippen molar-refractivity contribution in [2.45, 2.75) is 38.5 Å². The molecule has 2 fully saturated rings. The molecule has 0 nitrogen and oxygen atoms in total. The van der Waals surface area contributed by atoms with E-state index < -0.39 is 0 Å². The Kier molecular flexibility index (Phi) is 4.69. The Morgan fingerprint density at radius 3 is 1.76 bits per heavy atom. The molecular weight excluding hydrogens is 331 g/mol. The molecule has 0 N–H and O–H groups in total. The van der Waals surface area contributed by atoms with Gasteiger partial charge in [-0.1, -0.05) is 59.8 Å². The standard InChI is InChI=1S/C20H24.Zr/c1-14(17-12-10-15-6-2-4-8-19(15)17)18-13-11-16-7-3-5-9-20(16)18;/h2-5,8-9,15-18H,1,6-7,10-13H2;. The first-order valence-electron chi connectivity index (χ1n) is 8.26. The third-order valence-corrected chi connectivity index (χ3v) is 5.94. The molecule has 0 amide bonds. The summed E-state index contributed by atoms with van der Waals surface area (Å²) in [6.45, 7) is 4.57. The zero-order valence-corrected chi connectivity index (χ0v) is 15.2. The van der Waals surface area contributed by atoms with Crippen LogP contribution in [0.15, 0.2) is 59.8 Å². The zero-order valence-electron chi connectivity index (χ0n) is 12.7. The second kappa shape index (κ2) is 6.37. The van der Waals surface area contributed by atoms with E-state index in [-0.39, 0.29) is 26.2 Å². The number of fused-ring (bicyclic) bond motifs is 2. The van der Waals surface area contributed by atoms with Crippen LogP contribution in [-0.2, 0) is 26.2 Å². The van der Waals surface area contributed by atoms with Gasteiger partial charge in [0, 0.05) is 38.0 Å². The third-order valence-electron chi connectivity index (χ3n) is 5.94. The Bertz CT molecular complexity index is 498. The second-order valence-electron chi connectivity index (χ2n) is 6.89. The van der Waals surface area contributed by atoms with Crippen molar-refractivity contribution in [3.8, 4) is 0 Å². The Hall–Kier alpha value is -0.417. The number of hydrogen-bond donors (Lipinski definition) is 0. The quantitative estimate of drug-likeness (QED) is 0.585. The second-order valence-corrected chi connectivity index (χ2v) is 6.89. The van der Waals surface area contributed by atoms with E-state index in [1.807, 2.05) is 0 Å². The Morgan fingerprint density at radius 2 is 1.29 bits per heavy atom. The van der Waals surface area contributed by atoms with E-state index in [9.17, 15) is 0 Å². The maximum absolute atomic E-state index is 4.57. The summed E-state index contributed by atoms with van der Waals surface area (Å²) in [5.41, 5.74) is 4.90. The summed E-state index contributed by atoms with van der Waals surface area (Å²) in [5, 5.41) is 0. The van der Waals surface area contributed by atoms with Gasteiger partial charge in [0.25, 0.3) is 0 Å². The van der Waals surface area contributed by atoms with Crippen LogP contribution < -0.4 is 0 Å². The zero-order chi connectivity index (χ0) is 13.5. The van der Waals surface area contributed by atoms with E-state index in [0.29, 0.717) is 11.8 Å². The van der Waals surface area contributed by atoms with E-state index in [1.165, 1.54) is 44.1 Å². The Morgan fingerprint density at radius 1 is 0.810 bits per heavy atom. The van der Waals surface area contributed by atoms with Gasteiger partial charge < -0.3 is 0 Å². The molecule has 0 aromatic heterocycles. The van der Waals surface area contributed by atoms with Crippen LogP contribution in [0.4, 0.5) is 0 Å². The predicted octanol–water partition coefficient (Wildman–Crippen LogP) is 5.37. The molecule has 0 bridgehead atoms. The van der Waals surface area contributed by atoms with E-state index in [2.05, 4.69) is 43.0 Å². The summed E-state index contributed by atoms with van der Waals surface area (Å²) in [4.78, 5) is 0. The summed E-state index contributed by atoms with van der Waals surface area (Å²) in [5.74, 6) is 2.97. The molecule has 4 aliphatic rings. The fourth-order valence-corrected chi connectivity index (χ4v) is 4.87. The summed E-state index contributed by atoms with van der Waals surface area (Å²) in [7, 11) is 0. The molecule has 0 aliphatic heterocycles. The van der Waals surface area contributed by atoms with Gasteiger partial charge in [-0.2, -0.15) is 0 Å². The van der Waals surface area contributed by atoms with Gasteiger partial charge in [0.15, 0.2) is 0 Å². The van der Waals surface area contributed by atoms with Crippen LogP contribution in [0.1, 0.15) is 38.5 Å². The van der Waals surface area contributed by atoms with E-state index in [0.717, 1.165) is 11.8 Å². The van der Waals surface area contributed by atoms with Crippen LogP contribution in [0, 0.1) is 23.7 Å². The molecule has 0 saturated heterocycles. The van der Waals surface area contributed by atoms with Gasteiger partial charge in [-0.3, -0.25) is 0 Å². The maximum Gasteiger partial charge on any atom is 0.00165 e. The molecule has 1 heteroatoms. The first-order chi connectivity index (χ1) is 9.84. The first kappa shape index (κ1) is 15.5. The molecule has 21 heavy (non-hydrogen) atoms. The van der Waals surface area contributed by atoms with Crippen molar-refractivity contribution in [2.75, 3.05) is 0 Å². The van der Waals surface area contributed by atoms with Crippen molar-refractivity contribution >= 4 is 0 Å². The van der Waals surface area contributed by atoms with Crippen molar-refractivity contribution in [2.24, 2.45) is 23.7 Å². The van der Waals surface area contributed by atoms with Crippen molar-refractivity contribution in [3.05, 3.63) is 59.8 Å². The van der Waals surface area contributed by atoms with Gasteiger partial charge in [-0.05, 0) is 50.4 Å². The minimum Gasteiger partial charge on any atom is -0.0986 e. The molecule has 0 heterocycles. The van der Waals surface area contributed by atoms with E-state index in [4.69, 9.17) is 0 Å². The fourth-order valence-electron chi connectivity index (χ4n) is 4.87. The molecule has 4 unspecified atom stereocenters. The van der Waals surface area contributed by atoms with Gasteiger partial charge in [0.2, 0.25) is 0 Å². The maximum atomic E-state index is 4.57. The Balaban J connectivity index is 0.00000132. The number of hydrogen-bond acceptors (Lipinski definition) is 0. The van der Waals surface area contributed by atoms with E-state index >= 15 is 0 Å². The van der Waals surface area contributed by atoms with Crippen molar-refractivity contribution in [3.63, 3.8) is 0 Å². The molecule has 2 saturated carbocycles. The topological polar surface area (TPSA) is 0 Å². The van der Waals surface area contributed by atoms with Crippen LogP contribution in [-0.4, -0.2) is 0 Å². The van der Waals surface area contributed by atoms with Crippen molar-refractivity contribution < 1.29 is 26.2 Å². The molecule has 0 aromatic carbocycles. The number of rotatable bonds is 2. The molecule has 0 aromatic rings. The monoisotopic (exact) mass is 354 g/mol. The molecule has 4 rings (SSSR count). The summed E-state index contributed by atoms with van der Waals surface area (Å²) in [6, 6.07) is 0. The summed E-state index contributed by atoms with van der Waals surface area (Å²) >= 11 is 0. The first-order valence-corrected chi connectivity index (χ1v) is 8.26. The third kappa shape index (κ3) is 2.67. The van der Waals surface area contributed by atoms with Crippen LogP contribution in [0.5, 0.6) is 0 Å². The van der Waals surface area contributed by atoms with Crippen LogP contribution in [0.3, 0.4) is 0 Å². The van der Waals surface area contributed by atoms with Gasteiger partial charge >= 0.3 is 0 Å². The summed E-state index contributed by atoms with van der Waals surface area (Å²) in [6.07, 6.45) is 21.9. The number of allylic oxidation sites excluding steroid dienone is 9. The normalized spacial score (nSPS) is 36.4. The average molecular weight is 356 g/mol. The largest absolute Gasteiger partial charge is 0.0986 e. The van der Waals surface area contributed by atoms with Crippen LogP contribution in [0.25, 0.3) is 0 Å². The van der Waals surface area contributed by atoms with E-state index in [1.54, 1.807) is 11.1 Å². The van der Waals surface area contributed by atoms with Gasteiger partial charge in [-0.25, -0.2) is 0 Å². The smallest absolute Gasteiger partial charge is 0.00165 e. The molecule has 108 valence electrons. The van der Waals surface area contributed by atoms with Gasteiger partial charge in [0.05, 0.1) is 0 Å². The van der Waals surface area contributed by atoms with Crippen LogP contribution >= 0.6 is 0 Å². The predicted molar refractivity (Wildman–Crippen MR) is 85.2 cm³/mol. The molecular formula is C20H24Zr. The van der Waals surface area contributed by atoms with Gasteiger partial charge in [-0.15, -0.1) is 0 Å².